The van der Waals surface area contributed by atoms with E-state index in [9.17, 15) is 4.79 Å². The Labute approximate surface area is 245 Å². The van der Waals surface area contributed by atoms with Gasteiger partial charge in [0, 0.05) is 6.08 Å². The second kappa shape index (κ2) is 34.7. The van der Waals surface area contributed by atoms with Gasteiger partial charge in [0.15, 0.2) is 0 Å². The second-order valence-electron chi connectivity index (χ2n) is 11.7. The highest BCUT2D eigenvalue weighted by atomic mass is 16.5. The minimum absolute atomic E-state index is 0.315. The largest absolute Gasteiger partial charge is 0.466 e. The molecule has 0 saturated heterocycles. The maximum absolute atomic E-state index is 10.9. The molecule has 2 heteroatoms. The van der Waals surface area contributed by atoms with Gasteiger partial charge in [0.25, 0.3) is 0 Å². The van der Waals surface area contributed by atoms with Gasteiger partial charge in [0.05, 0.1) is 7.11 Å². The summed E-state index contributed by atoms with van der Waals surface area (Å²) < 4.78 is 4.54. The summed E-state index contributed by atoms with van der Waals surface area (Å²) in [6, 6.07) is 0. The highest BCUT2D eigenvalue weighted by Crippen LogP contribution is 2.16. The highest BCUT2D eigenvalue weighted by Gasteiger charge is 1.96. The molecule has 0 fully saturated rings. The molecule has 228 valence electrons. The van der Waals surface area contributed by atoms with Gasteiger partial charge in [-0.2, -0.15) is 0 Å². The van der Waals surface area contributed by atoms with Crippen LogP contribution in [0.4, 0.5) is 0 Å². The van der Waals surface area contributed by atoms with Crippen molar-refractivity contribution in [3.63, 3.8) is 0 Å². The normalized spacial score (nSPS) is 11.9. The summed E-state index contributed by atoms with van der Waals surface area (Å²) in [5.41, 5.74) is 0. The average Bonchev–Trinajstić information content (AvgIpc) is 2.95. The van der Waals surface area contributed by atoms with Crippen molar-refractivity contribution in [1.29, 1.82) is 0 Å². The minimum atomic E-state index is -0.315. The van der Waals surface area contributed by atoms with Crippen LogP contribution in [0.1, 0.15) is 187 Å². The number of hydrogen-bond acceptors (Lipinski definition) is 2. The van der Waals surface area contributed by atoms with Gasteiger partial charge in [-0.15, -0.1) is 0 Å². The van der Waals surface area contributed by atoms with Gasteiger partial charge in [-0.3, -0.25) is 0 Å². The lowest BCUT2D eigenvalue weighted by molar-refractivity contribution is -0.134. The van der Waals surface area contributed by atoms with E-state index < -0.39 is 0 Å². The monoisotopic (exact) mass is 545 g/mol. The third kappa shape index (κ3) is 34.7. The van der Waals surface area contributed by atoms with Crippen molar-refractivity contribution in [3.05, 3.63) is 36.5 Å². The number of rotatable bonds is 31. The molecule has 0 aliphatic rings. The molecule has 0 N–H and O–H groups in total. The lowest BCUT2D eigenvalue weighted by Crippen LogP contribution is -1.92. The molecular weight excluding hydrogens is 476 g/mol. The fourth-order valence-electron chi connectivity index (χ4n) is 5.26. The van der Waals surface area contributed by atoms with Crippen molar-refractivity contribution < 1.29 is 9.53 Å². The van der Waals surface area contributed by atoms with E-state index in [1.54, 1.807) is 6.08 Å². The summed E-state index contributed by atoms with van der Waals surface area (Å²) in [4.78, 5) is 10.9. The molecule has 0 aromatic carbocycles. The Morgan fingerprint density at radius 2 is 0.744 bits per heavy atom. The lowest BCUT2D eigenvalue weighted by Gasteiger charge is -2.04. The maximum atomic E-state index is 10.9. The maximum Gasteiger partial charge on any atom is 0.330 e. The molecule has 0 saturated carbocycles. The van der Waals surface area contributed by atoms with Crippen LogP contribution in [-0.2, 0) is 9.53 Å². The van der Waals surface area contributed by atoms with Crippen LogP contribution in [0.3, 0.4) is 0 Å². The first-order valence-electron chi connectivity index (χ1n) is 17.4. The summed E-state index contributed by atoms with van der Waals surface area (Å²) in [5, 5.41) is 0. The Kier molecular flexibility index (Phi) is 33.6. The standard InChI is InChI=1S/C37H68O2/c1-3-4-5-6-7-8-9-10-11-12-13-14-15-16-17-18-19-20-21-22-23-24-25-26-27-28-29-30-31-32-33-34-35-36-37(38)39-2/h31-36H,3-30H2,1-2H3. The molecule has 0 unspecified atom stereocenters. The molecule has 0 rings (SSSR count). The molecule has 2 nitrogen and oxygen atoms in total. The van der Waals surface area contributed by atoms with Crippen LogP contribution in [0, 0.1) is 0 Å². The van der Waals surface area contributed by atoms with E-state index in [1.807, 2.05) is 12.2 Å². The molecule has 0 aromatic heterocycles. The predicted octanol–water partition coefficient (Wildman–Crippen LogP) is 12.8. The zero-order chi connectivity index (χ0) is 28.3. The van der Waals surface area contributed by atoms with Gasteiger partial charge in [-0.05, 0) is 12.8 Å². The van der Waals surface area contributed by atoms with Gasteiger partial charge < -0.3 is 4.74 Å². The first-order valence-corrected chi connectivity index (χ1v) is 17.4. The van der Waals surface area contributed by atoms with Crippen molar-refractivity contribution in [3.8, 4) is 0 Å². The van der Waals surface area contributed by atoms with Gasteiger partial charge in [0.1, 0.15) is 0 Å². The number of ether oxygens (including phenoxy) is 1. The Bertz CT molecular complexity index is 560. The molecule has 0 radical (unpaired) electrons. The summed E-state index contributed by atoms with van der Waals surface area (Å²) in [6.45, 7) is 2.30. The van der Waals surface area contributed by atoms with E-state index in [1.165, 1.54) is 187 Å². The van der Waals surface area contributed by atoms with E-state index in [0.717, 1.165) is 6.42 Å². The second-order valence-corrected chi connectivity index (χ2v) is 11.7. The molecule has 0 aliphatic carbocycles. The molecule has 39 heavy (non-hydrogen) atoms. The Morgan fingerprint density at radius 3 is 1.08 bits per heavy atom. The van der Waals surface area contributed by atoms with Crippen LogP contribution in [0.25, 0.3) is 0 Å². The SMILES string of the molecule is CCCCCCCCCCCCCCCCCCCCCCCCCCCCCC=CC=CC=CC(=O)OC. The van der Waals surface area contributed by atoms with E-state index in [-0.39, 0.29) is 5.97 Å². The molecule has 0 bridgehead atoms. The summed E-state index contributed by atoms with van der Waals surface area (Å²) in [6.07, 6.45) is 51.3. The van der Waals surface area contributed by atoms with Crippen LogP contribution in [0.15, 0.2) is 36.5 Å². The highest BCUT2D eigenvalue weighted by molar-refractivity contribution is 5.82. The van der Waals surface area contributed by atoms with Crippen molar-refractivity contribution in [2.45, 2.75) is 187 Å². The van der Waals surface area contributed by atoms with Crippen molar-refractivity contribution >= 4 is 5.97 Å². The number of carbonyl (C=O) groups excluding carboxylic acids is 1. The third-order valence-corrected chi connectivity index (χ3v) is 7.88. The van der Waals surface area contributed by atoms with Crippen molar-refractivity contribution in [1.82, 2.24) is 0 Å². The Hall–Kier alpha value is -1.31. The molecule has 0 heterocycles. The molecule has 0 aliphatic heterocycles. The van der Waals surface area contributed by atoms with E-state index in [0.29, 0.717) is 0 Å². The smallest absolute Gasteiger partial charge is 0.330 e. The van der Waals surface area contributed by atoms with Crippen LogP contribution in [-0.4, -0.2) is 13.1 Å². The average molecular weight is 545 g/mol. The topological polar surface area (TPSA) is 26.3 Å². The quantitative estimate of drug-likeness (QED) is 0.0375. The van der Waals surface area contributed by atoms with E-state index in [4.69, 9.17) is 0 Å². The summed E-state index contributed by atoms with van der Waals surface area (Å²) in [5.74, 6) is -0.315. The first kappa shape index (κ1) is 37.7. The number of esters is 1. The Morgan fingerprint density at radius 1 is 0.436 bits per heavy atom. The van der Waals surface area contributed by atoms with Crippen molar-refractivity contribution in [2.24, 2.45) is 0 Å². The van der Waals surface area contributed by atoms with E-state index in [2.05, 4.69) is 23.8 Å². The summed E-state index contributed by atoms with van der Waals surface area (Å²) in [7, 11) is 1.39. The predicted molar refractivity (Wildman–Crippen MR) is 174 cm³/mol. The number of carbonyl (C=O) groups is 1. The molecule has 0 aromatic rings. The molecular formula is C37H68O2. The first-order chi connectivity index (χ1) is 19.3. The molecule has 0 atom stereocenters. The van der Waals surface area contributed by atoms with Crippen LogP contribution >= 0.6 is 0 Å². The lowest BCUT2D eigenvalue weighted by atomic mass is 10.0. The third-order valence-electron chi connectivity index (χ3n) is 7.88. The van der Waals surface area contributed by atoms with Gasteiger partial charge in [-0.1, -0.05) is 204 Å². The zero-order valence-electron chi connectivity index (χ0n) is 26.6. The number of hydrogen-bond donors (Lipinski definition) is 0. The Balaban J connectivity index is 3.13. The van der Waals surface area contributed by atoms with Gasteiger partial charge in [-0.25, -0.2) is 4.79 Å². The molecule has 0 amide bonds. The van der Waals surface area contributed by atoms with Gasteiger partial charge in [0.2, 0.25) is 0 Å². The summed E-state index contributed by atoms with van der Waals surface area (Å²) >= 11 is 0. The number of unbranched alkanes of at least 4 members (excludes halogenated alkanes) is 27. The van der Waals surface area contributed by atoms with Crippen LogP contribution < -0.4 is 0 Å². The van der Waals surface area contributed by atoms with E-state index >= 15 is 0 Å². The van der Waals surface area contributed by atoms with Crippen molar-refractivity contribution in [2.75, 3.05) is 7.11 Å². The molecule has 0 spiro atoms. The fraction of sp³-hybridized carbons (Fsp3) is 0.811. The van der Waals surface area contributed by atoms with Crippen LogP contribution in [0.5, 0.6) is 0 Å². The zero-order valence-corrected chi connectivity index (χ0v) is 26.6. The van der Waals surface area contributed by atoms with Gasteiger partial charge >= 0.3 is 5.97 Å². The number of allylic oxidation sites excluding steroid dienone is 5. The number of methoxy groups -OCH3 is 1. The van der Waals surface area contributed by atoms with Crippen LogP contribution in [0.2, 0.25) is 0 Å². The minimum Gasteiger partial charge on any atom is -0.466 e. The fourth-order valence-corrected chi connectivity index (χ4v) is 5.26.